The first-order valence-corrected chi connectivity index (χ1v) is 23.4. The van der Waals surface area contributed by atoms with Gasteiger partial charge in [0.25, 0.3) is 0 Å². The van der Waals surface area contributed by atoms with Gasteiger partial charge in [0.05, 0.1) is 27.7 Å². The highest BCUT2D eigenvalue weighted by molar-refractivity contribution is 7.47. The number of quaternary nitrogens is 1. The Kier molecular flexibility index (Phi) is 36.8. The lowest BCUT2D eigenvalue weighted by molar-refractivity contribution is -0.870. The molecule has 57 heavy (non-hydrogen) atoms. The van der Waals surface area contributed by atoms with Crippen LogP contribution in [0.15, 0.2) is 85.1 Å². The van der Waals surface area contributed by atoms with E-state index in [0.29, 0.717) is 23.9 Å². The largest absolute Gasteiger partial charge is 0.472 e. The number of phosphoric acid groups is 1. The van der Waals surface area contributed by atoms with Crippen LogP contribution in [0.5, 0.6) is 0 Å². The second-order valence-electron chi connectivity index (χ2n) is 15.5. The summed E-state index contributed by atoms with van der Waals surface area (Å²) >= 11 is 0. The first kappa shape index (κ1) is 54.2. The Morgan fingerprint density at radius 3 is 1.56 bits per heavy atom. The van der Waals surface area contributed by atoms with Crippen molar-refractivity contribution < 1.29 is 42.1 Å². The Balaban J connectivity index is 4.41. The van der Waals surface area contributed by atoms with Crippen LogP contribution in [0.2, 0.25) is 0 Å². The molecule has 0 heterocycles. The molecule has 0 aliphatic rings. The van der Waals surface area contributed by atoms with Gasteiger partial charge in [-0.25, -0.2) is 4.57 Å². The fourth-order valence-corrected chi connectivity index (χ4v) is 6.13. The van der Waals surface area contributed by atoms with Crippen LogP contribution in [-0.2, 0) is 32.7 Å². The van der Waals surface area contributed by atoms with Gasteiger partial charge in [0.1, 0.15) is 19.8 Å². The van der Waals surface area contributed by atoms with Crippen molar-refractivity contribution in [1.29, 1.82) is 0 Å². The predicted octanol–water partition coefficient (Wildman–Crippen LogP) is 12.4. The fraction of sp³-hybridized carbons (Fsp3) is 0.660. The lowest BCUT2D eigenvalue weighted by Crippen LogP contribution is -2.37. The highest BCUT2D eigenvalue weighted by Crippen LogP contribution is 2.43. The number of hydrogen-bond donors (Lipinski definition) is 1. The van der Waals surface area contributed by atoms with Gasteiger partial charge in [-0.3, -0.25) is 18.6 Å². The van der Waals surface area contributed by atoms with E-state index < -0.39 is 32.5 Å². The van der Waals surface area contributed by atoms with Crippen LogP contribution >= 0.6 is 7.82 Å². The van der Waals surface area contributed by atoms with E-state index in [1.165, 1.54) is 70.6 Å². The second-order valence-corrected chi connectivity index (χ2v) is 17.0. The van der Waals surface area contributed by atoms with E-state index in [4.69, 9.17) is 18.5 Å². The van der Waals surface area contributed by atoms with Gasteiger partial charge in [0.15, 0.2) is 6.10 Å². The van der Waals surface area contributed by atoms with Crippen LogP contribution in [0.1, 0.15) is 149 Å². The summed E-state index contributed by atoms with van der Waals surface area (Å²) in [6, 6.07) is 0. The topological polar surface area (TPSA) is 108 Å². The SMILES string of the molecule is CC/C=C/C=C/C=C/C=C/C=C/CCCC(=O)OC(COC(=O)CCCCCCCCCCCC/C=C/C=C/CCCCCC)COP(=O)(O)OCC[N+](C)(C)C. The standard InChI is InChI=1S/C47H80NO8P/c1-6-8-10-12-14-16-18-20-21-22-23-24-25-26-28-29-31-33-35-37-39-46(49)53-43-45(44-55-57(51,52)54-42-41-48(3,4)5)56-47(50)40-38-36-34-32-30-27-19-17-15-13-11-9-7-2/h9,11,13,15-21,27,30,32,34,45H,6-8,10,12,14,22-26,28-29,31,33,35-44H2,1-5H3/p+1/b11-9+,15-13+,18-16+,19-17+,21-20+,30-27+,34-32+. The smallest absolute Gasteiger partial charge is 0.462 e. The number of phosphoric ester groups is 1. The van der Waals surface area contributed by atoms with Crippen molar-refractivity contribution in [3.8, 4) is 0 Å². The third-order valence-electron chi connectivity index (χ3n) is 8.82. The maximum absolute atomic E-state index is 12.6. The first-order valence-electron chi connectivity index (χ1n) is 21.9. The molecule has 326 valence electrons. The van der Waals surface area contributed by atoms with Gasteiger partial charge in [-0.15, -0.1) is 0 Å². The number of likely N-dealkylation sites (N-methyl/N-ethyl adjacent to an activating group) is 1. The molecule has 0 aromatic carbocycles. The summed E-state index contributed by atoms with van der Waals surface area (Å²) in [6.07, 6.45) is 49.3. The fourth-order valence-electron chi connectivity index (χ4n) is 5.39. The van der Waals surface area contributed by atoms with E-state index in [9.17, 15) is 19.0 Å². The molecule has 0 aliphatic heterocycles. The third kappa shape index (κ3) is 42.6. The molecule has 0 saturated heterocycles. The van der Waals surface area contributed by atoms with Crippen LogP contribution in [-0.4, -0.2) is 74.9 Å². The maximum Gasteiger partial charge on any atom is 0.472 e. The molecule has 2 unspecified atom stereocenters. The van der Waals surface area contributed by atoms with Crippen LogP contribution in [0.3, 0.4) is 0 Å². The minimum absolute atomic E-state index is 0.0131. The summed E-state index contributed by atoms with van der Waals surface area (Å²) in [7, 11) is 1.41. The van der Waals surface area contributed by atoms with Crippen LogP contribution in [0.25, 0.3) is 0 Å². The predicted molar refractivity (Wildman–Crippen MR) is 238 cm³/mol. The van der Waals surface area contributed by atoms with Gasteiger partial charge >= 0.3 is 19.8 Å². The molecular weight excluding hydrogens is 737 g/mol. The summed E-state index contributed by atoms with van der Waals surface area (Å²) in [6.45, 7) is 4.15. The van der Waals surface area contributed by atoms with E-state index in [1.807, 2.05) is 75.8 Å². The molecule has 0 aromatic heterocycles. The summed E-state index contributed by atoms with van der Waals surface area (Å²) < 4.78 is 34.2. The quantitative estimate of drug-likeness (QED) is 0.0216. The van der Waals surface area contributed by atoms with E-state index in [1.54, 1.807) is 0 Å². The van der Waals surface area contributed by atoms with E-state index >= 15 is 0 Å². The van der Waals surface area contributed by atoms with E-state index in [-0.39, 0.29) is 26.1 Å². The monoisotopic (exact) mass is 819 g/mol. The molecule has 0 amide bonds. The average Bonchev–Trinajstić information content (AvgIpc) is 3.16. The van der Waals surface area contributed by atoms with Crippen LogP contribution < -0.4 is 0 Å². The first-order chi connectivity index (χ1) is 27.5. The molecule has 0 saturated carbocycles. The number of unbranched alkanes of at least 4 members (excludes halogenated alkanes) is 15. The van der Waals surface area contributed by atoms with Crippen molar-refractivity contribution in [3.63, 3.8) is 0 Å². The molecule has 0 aromatic rings. The Labute approximate surface area is 348 Å². The van der Waals surface area contributed by atoms with Gasteiger partial charge in [0, 0.05) is 12.8 Å². The van der Waals surface area contributed by atoms with Crippen LogP contribution in [0, 0.1) is 0 Å². The molecular formula is C47H81NO8P+. The maximum atomic E-state index is 12.6. The van der Waals surface area contributed by atoms with Gasteiger partial charge in [-0.05, 0) is 51.4 Å². The number of rotatable bonds is 38. The Morgan fingerprint density at radius 2 is 1.02 bits per heavy atom. The number of nitrogens with zero attached hydrogens (tertiary/aromatic N) is 1. The lowest BCUT2D eigenvalue weighted by atomic mass is 10.1. The van der Waals surface area contributed by atoms with Gasteiger partial charge in [0.2, 0.25) is 0 Å². The molecule has 0 radical (unpaired) electrons. The van der Waals surface area contributed by atoms with Crippen LogP contribution in [0.4, 0.5) is 0 Å². The second kappa shape index (κ2) is 38.7. The van der Waals surface area contributed by atoms with Crippen molar-refractivity contribution >= 4 is 19.8 Å². The molecule has 2 atom stereocenters. The highest BCUT2D eigenvalue weighted by atomic mass is 31.2. The number of carbonyl (C=O) groups is 2. The van der Waals surface area contributed by atoms with E-state index in [2.05, 4.69) is 44.2 Å². The molecule has 9 nitrogen and oxygen atoms in total. The molecule has 10 heteroatoms. The Bertz CT molecular complexity index is 1240. The number of carbonyl (C=O) groups excluding carboxylic acids is 2. The van der Waals surface area contributed by atoms with Crippen molar-refractivity contribution in [1.82, 2.24) is 0 Å². The molecule has 0 fully saturated rings. The summed E-state index contributed by atoms with van der Waals surface area (Å²) in [5.74, 6) is -0.897. The summed E-state index contributed by atoms with van der Waals surface area (Å²) in [5, 5.41) is 0. The molecule has 0 rings (SSSR count). The zero-order valence-electron chi connectivity index (χ0n) is 36.5. The zero-order valence-corrected chi connectivity index (χ0v) is 37.4. The molecule has 0 aliphatic carbocycles. The van der Waals surface area contributed by atoms with Gasteiger partial charge < -0.3 is 18.9 Å². The molecule has 0 spiro atoms. The number of hydrogen-bond acceptors (Lipinski definition) is 7. The molecule has 0 bridgehead atoms. The van der Waals surface area contributed by atoms with E-state index in [0.717, 1.165) is 38.5 Å². The summed E-state index contributed by atoms with van der Waals surface area (Å²) in [5.41, 5.74) is 0. The van der Waals surface area contributed by atoms with Crippen molar-refractivity contribution in [2.45, 2.75) is 155 Å². The minimum atomic E-state index is -4.40. The van der Waals surface area contributed by atoms with Gasteiger partial charge in [-0.1, -0.05) is 170 Å². The normalized spacial score (nSPS) is 14.4. The molecule has 1 N–H and O–H groups in total. The average molecular weight is 819 g/mol. The number of ether oxygens (including phenoxy) is 2. The lowest BCUT2D eigenvalue weighted by Gasteiger charge is -2.24. The summed E-state index contributed by atoms with van der Waals surface area (Å²) in [4.78, 5) is 35.3. The van der Waals surface area contributed by atoms with Crippen molar-refractivity contribution in [3.05, 3.63) is 85.1 Å². The number of esters is 2. The van der Waals surface area contributed by atoms with Crippen molar-refractivity contribution in [2.75, 3.05) is 47.5 Å². The zero-order chi connectivity index (χ0) is 42.1. The minimum Gasteiger partial charge on any atom is -0.462 e. The Morgan fingerprint density at radius 1 is 0.561 bits per heavy atom. The number of allylic oxidation sites excluding steroid dienone is 14. The Hall–Kier alpha value is -2.81. The van der Waals surface area contributed by atoms with Crippen molar-refractivity contribution in [2.24, 2.45) is 0 Å². The van der Waals surface area contributed by atoms with Gasteiger partial charge in [-0.2, -0.15) is 0 Å². The highest BCUT2D eigenvalue weighted by Gasteiger charge is 2.27. The third-order valence-corrected chi connectivity index (χ3v) is 9.80.